The molecule has 1 aromatic carbocycles. The van der Waals surface area contributed by atoms with Crippen molar-refractivity contribution in [1.29, 1.82) is 0 Å². The fourth-order valence-electron chi connectivity index (χ4n) is 3.39. The molecule has 0 spiro atoms. The highest BCUT2D eigenvalue weighted by atomic mass is 16.5. The van der Waals surface area contributed by atoms with Crippen LogP contribution in [-0.2, 0) is 11.8 Å². The molecule has 1 N–H and O–H groups in total. The topological polar surface area (TPSA) is 67.3 Å². The smallest absolute Gasteiger partial charge is 0.271 e. The highest BCUT2D eigenvalue weighted by Crippen LogP contribution is 2.26. The average molecular weight is 337 g/mol. The Labute approximate surface area is 144 Å². The van der Waals surface area contributed by atoms with Gasteiger partial charge in [-0.15, -0.1) is 0 Å². The zero-order valence-electron chi connectivity index (χ0n) is 13.9. The Morgan fingerprint density at radius 1 is 1.24 bits per heavy atom. The van der Waals surface area contributed by atoms with Gasteiger partial charge in [-0.05, 0) is 29.7 Å². The lowest BCUT2D eigenvalue weighted by Crippen LogP contribution is -2.44. The van der Waals surface area contributed by atoms with E-state index < -0.39 is 0 Å². The van der Waals surface area contributed by atoms with Gasteiger partial charge in [0, 0.05) is 30.9 Å². The molecule has 1 fully saturated rings. The van der Waals surface area contributed by atoms with Crippen molar-refractivity contribution in [2.75, 3.05) is 19.8 Å². The van der Waals surface area contributed by atoms with E-state index in [0.717, 1.165) is 11.1 Å². The maximum Gasteiger partial charge on any atom is 0.271 e. The maximum atomic E-state index is 13.1. The summed E-state index contributed by atoms with van der Waals surface area (Å²) >= 11 is 0. The number of morpholine rings is 1. The Kier molecular flexibility index (Phi) is 3.89. The number of carbonyl (C=O) groups is 1. The Morgan fingerprint density at radius 3 is 2.88 bits per heavy atom. The van der Waals surface area contributed by atoms with Crippen molar-refractivity contribution in [2.45, 2.75) is 6.04 Å². The largest absolute Gasteiger partial charge is 0.377 e. The molecule has 1 atom stereocenters. The predicted octanol–water partition coefficient (Wildman–Crippen LogP) is 2.08. The summed E-state index contributed by atoms with van der Waals surface area (Å²) in [5.74, 6) is -0.183. The van der Waals surface area contributed by atoms with E-state index in [1.807, 2.05) is 48.1 Å². The lowest BCUT2D eigenvalue weighted by molar-refractivity contribution is -0.00494. The molecule has 1 unspecified atom stereocenters. The molecule has 0 aliphatic carbocycles. The molecule has 1 aliphatic heterocycles. The van der Waals surface area contributed by atoms with Gasteiger partial charge in [0.15, 0.2) is 0 Å². The average Bonchev–Trinajstić information content (AvgIpc) is 3.07. The third kappa shape index (κ3) is 2.74. The minimum absolute atomic E-state index is 0.170. The second kappa shape index (κ2) is 6.22. The first-order valence-electron chi connectivity index (χ1n) is 8.27. The van der Waals surface area contributed by atoms with Crippen LogP contribution in [0.2, 0.25) is 0 Å². The van der Waals surface area contributed by atoms with E-state index in [4.69, 9.17) is 4.74 Å². The Hall–Kier alpha value is -2.86. The van der Waals surface area contributed by atoms with Gasteiger partial charge in [-0.2, -0.15) is 0 Å². The van der Waals surface area contributed by atoms with E-state index >= 15 is 0 Å². The van der Waals surface area contributed by atoms with E-state index in [9.17, 15) is 9.59 Å². The van der Waals surface area contributed by atoms with Crippen molar-refractivity contribution in [2.24, 2.45) is 7.05 Å². The van der Waals surface area contributed by atoms with Crippen LogP contribution in [0.3, 0.4) is 0 Å². The second-order valence-corrected chi connectivity index (χ2v) is 6.23. The van der Waals surface area contributed by atoms with Crippen LogP contribution in [0, 0.1) is 0 Å². The van der Waals surface area contributed by atoms with Crippen molar-refractivity contribution in [3.8, 4) is 0 Å². The van der Waals surface area contributed by atoms with Crippen LogP contribution < -0.4 is 5.56 Å². The molecule has 1 aliphatic rings. The number of hydrogen-bond donors (Lipinski definition) is 1. The minimum atomic E-state index is -0.245. The van der Waals surface area contributed by atoms with Gasteiger partial charge in [-0.1, -0.05) is 18.2 Å². The van der Waals surface area contributed by atoms with Gasteiger partial charge in [-0.25, -0.2) is 0 Å². The summed E-state index contributed by atoms with van der Waals surface area (Å²) in [4.78, 5) is 29.9. The number of carbonyl (C=O) groups excluding carboxylic acids is 1. The van der Waals surface area contributed by atoms with Crippen LogP contribution in [0.1, 0.15) is 22.2 Å². The van der Waals surface area contributed by atoms with Crippen molar-refractivity contribution in [3.63, 3.8) is 0 Å². The number of H-pyrrole nitrogens is 1. The first-order valence-corrected chi connectivity index (χ1v) is 8.27. The van der Waals surface area contributed by atoms with Gasteiger partial charge >= 0.3 is 0 Å². The van der Waals surface area contributed by atoms with Gasteiger partial charge in [-0.3, -0.25) is 9.59 Å². The lowest BCUT2D eigenvalue weighted by atomic mass is 10.1. The molecule has 4 rings (SSSR count). The normalized spacial score (nSPS) is 17.8. The molecule has 6 nitrogen and oxygen atoms in total. The van der Waals surface area contributed by atoms with Crippen LogP contribution in [0.4, 0.5) is 0 Å². The number of aryl methyl sites for hydroxylation is 1. The molecule has 128 valence electrons. The van der Waals surface area contributed by atoms with Crippen molar-refractivity contribution >= 4 is 16.7 Å². The van der Waals surface area contributed by atoms with Gasteiger partial charge in [0.2, 0.25) is 0 Å². The maximum absolute atomic E-state index is 13.1. The number of nitrogens with zero attached hydrogens (tertiary/aromatic N) is 2. The number of aromatic amines is 1. The third-order valence-corrected chi connectivity index (χ3v) is 4.70. The summed E-state index contributed by atoms with van der Waals surface area (Å²) in [5.41, 5.74) is 1.08. The monoisotopic (exact) mass is 337 g/mol. The van der Waals surface area contributed by atoms with Gasteiger partial charge < -0.3 is 19.2 Å². The Bertz CT molecular complexity index is 989. The predicted molar refractivity (Wildman–Crippen MR) is 94.6 cm³/mol. The molecule has 1 saturated heterocycles. The quantitative estimate of drug-likeness (QED) is 0.778. The number of nitrogens with one attached hydrogen (secondary N) is 1. The molecule has 3 aromatic rings. The van der Waals surface area contributed by atoms with Crippen LogP contribution in [0.5, 0.6) is 0 Å². The van der Waals surface area contributed by atoms with Crippen molar-refractivity contribution < 1.29 is 9.53 Å². The summed E-state index contributed by atoms with van der Waals surface area (Å²) < 4.78 is 7.58. The molecular formula is C19H19N3O3. The first-order chi connectivity index (χ1) is 12.1. The van der Waals surface area contributed by atoms with E-state index in [2.05, 4.69) is 4.98 Å². The first kappa shape index (κ1) is 15.7. The lowest BCUT2D eigenvalue weighted by Gasteiger charge is -2.35. The Morgan fingerprint density at radius 2 is 2.08 bits per heavy atom. The zero-order chi connectivity index (χ0) is 17.4. The molecule has 1 amide bonds. The van der Waals surface area contributed by atoms with Gasteiger partial charge in [0.25, 0.3) is 11.5 Å². The number of benzene rings is 1. The van der Waals surface area contributed by atoms with Crippen molar-refractivity contribution in [1.82, 2.24) is 14.5 Å². The SMILES string of the molecule is Cn1cccc1C1COCCN1C(=O)c1cc2ccccc2c(=O)[nH]1. The second-order valence-electron chi connectivity index (χ2n) is 6.23. The van der Waals surface area contributed by atoms with Crippen LogP contribution >= 0.6 is 0 Å². The molecule has 25 heavy (non-hydrogen) atoms. The molecule has 0 saturated carbocycles. The fraction of sp³-hybridized carbons (Fsp3) is 0.263. The molecule has 0 radical (unpaired) electrons. The number of pyridine rings is 1. The highest BCUT2D eigenvalue weighted by Gasteiger charge is 2.31. The molecule has 6 heteroatoms. The van der Waals surface area contributed by atoms with E-state index in [0.29, 0.717) is 30.8 Å². The highest BCUT2D eigenvalue weighted by molar-refractivity contribution is 5.96. The van der Waals surface area contributed by atoms with E-state index in [-0.39, 0.29) is 17.5 Å². The number of fused-ring (bicyclic) bond motifs is 1. The van der Waals surface area contributed by atoms with Crippen LogP contribution in [-0.4, -0.2) is 40.1 Å². The van der Waals surface area contributed by atoms with E-state index in [1.54, 1.807) is 17.0 Å². The van der Waals surface area contributed by atoms with Gasteiger partial charge in [0.05, 0.1) is 19.3 Å². The van der Waals surface area contributed by atoms with Crippen LogP contribution in [0.25, 0.3) is 10.8 Å². The minimum Gasteiger partial charge on any atom is -0.377 e. The summed E-state index contributed by atoms with van der Waals surface area (Å²) in [7, 11) is 1.95. The third-order valence-electron chi connectivity index (χ3n) is 4.70. The molecule has 3 heterocycles. The summed E-state index contributed by atoms with van der Waals surface area (Å²) in [6.07, 6.45) is 1.95. The van der Waals surface area contributed by atoms with Crippen molar-refractivity contribution in [3.05, 3.63) is 70.4 Å². The number of ether oxygens (including phenoxy) is 1. The van der Waals surface area contributed by atoms with Gasteiger partial charge in [0.1, 0.15) is 5.69 Å². The standard InChI is InChI=1S/C19H19N3O3/c1-21-8-4-7-16(21)17-12-25-10-9-22(17)19(24)15-11-13-5-2-3-6-14(13)18(23)20-15/h2-8,11,17H,9-10,12H2,1H3,(H,20,23). The zero-order valence-corrected chi connectivity index (χ0v) is 13.9. The number of aromatic nitrogens is 2. The fourth-order valence-corrected chi connectivity index (χ4v) is 3.39. The Balaban J connectivity index is 1.74. The van der Waals surface area contributed by atoms with Crippen LogP contribution in [0.15, 0.2) is 53.5 Å². The number of hydrogen-bond acceptors (Lipinski definition) is 3. The molecular weight excluding hydrogens is 318 g/mol. The summed E-state index contributed by atoms with van der Waals surface area (Å²) in [6, 6.07) is 12.8. The number of amides is 1. The summed E-state index contributed by atoms with van der Waals surface area (Å²) in [5, 5.41) is 1.35. The summed E-state index contributed by atoms with van der Waals surface area (Å²) in [6.45, 7) is 1.43. The molecule has 2 aromatic heterocycles. The van der Waals surface area contributed by atoms with E-state index in [1.165, 1.54) is 0 Å². The number of rotatable bonds is 2. The molecule has 0 bridgehead atoms.